The highest BCUT2D eigenvalue weighted by molar-refractivity contribution is 5.89. The maximum Gasteiger partial charge on any atom is 0.319 e. The summed E-state index contributed by atoms with van der Waals surface area (Å²) in [7, 11) is 0. The summed E-state index contributed by atoms with van der Waals surface area (Å²) in [4.78, 5) is 22.7. The molecule has 1 aromatic rings. The van der Waals surface area contributed by atoms with Gasteiger partial charge in [0.15, 0.2) is 0 Å². The van der Waals surface area contributed by atoms with Crippen LogP contribution in [0.25, 0.3) is 0 Å². The van der Waals surface area contributed by atoms with E-state index in [1.165, 1.54) is 0 Å². The first-order valence-electron chi connectivity index (χ1n) is 7.19. The molecule has 22 heavy (non-hydrogen) atoms. The molecule has 2 rings (SSSR count). The van der Waals surface area contributed by atoms with Gasteiger partial charge >= 0.3 is 12.0 Å². The fraction of sp³-hybridized carbons (Fsp3) is 0.467. The van der Waals surface area contributed by atoms with E-state index in [1.807, 2.05) is 18.2 Å². The van der Waals surface area contributed by atoms with Gasteiger partial charge in [-0.05, 0) is 25.0 Å². The Morgan fingerprint density at radius 1 is 1.23 bits per heavy atom. The third-order valence-electron chi connectivity index (χ3n) is 3.55. The van der Waals surface area contributed by atoms with Crippen molar-refractivity contribution >= 4 is 17.7 Å². The Bertz CT molecular complexity index is 508. The van der Waals surface area contributed by atoms with Gasteiger partial charge in [-0.15, -0.1) is 0 Å². The standard InChI is InChI=1S/C15H20N2O5/c18-9-13-12(7-6-11(22-13)8-14(19)20)17-15(21)16-10-4-2-1-3-5-10/h1-5,11-13,18H,6-9H2,(H,19,20)(H2,16,17,21)/t11-,12-,13-/m1/s1. The van der Waals surface area contributed by atoms with Gasteiger partial charge in [0.1, 0.15) is 6.10 Å². The second kappa shape index (κ2) is 7.77. The normalized spacial score (nSPS) is 24.5. The molecule has 7 heteroatoms. The lowest BCUT2D eigenvalue weighted by molar-refractivity contribution is -0.145. The third-order valence-corrected chi connectivity index (χ3v) is 3.55. The van der Waals surface area contributed by atoms with E-state index in [0.29, 0.717) is 18.5 Å². The molecule has 1 aromatic carbocycles. The van der Waals surface area contributed by atoms with Crippen LogP contribution in [0.15, 0.2) is 30.3 Å². The number of amides is 2. The van der Waals surface area contributed by atoms with Crippen molar-refractivity contribution in [3.05, 3.63) is 30.3 Å². The van der Waals surface area contributed by atoms with Crippen molar-refractivity contribution in [3.63, 3.8) is 0 Å². The second-order valence-corrected chi connectivity index (χ2v) is 5.23. The minimum absolute atomic E-state index is 0.0978. The van der Waals surface area contributed by atoms with Crippen molar-refractivity contribution in [2.75, 3.05) is 11.9 Å². The second-order valence-electron chi connectivity index (χ2n) is 5.23. The quantitative estimate of drug-likeness (QED) is 0.653. The molecule has 1 aliphatic heterocycles. The predicted molar refractivity (Wildman–Crippen MR) is 79.6 cm³/mol. The monoisotopic (exact) mass is 308 g/mol. The number of carboxylic acid groups (broad SMARTS) is 1. The molecule has 1 fully saturated rings. The molecule has 7 nitrogen and oxygen atoms in total. The molecule has 0 aliphatic carbocycles. The van der Waals surface area contributed by atoms with E-state index in [9.17, 15) is 14.7 Å². The highest BCUT2D eigenvalue weighted by Crippen LogP contribution is 2.22. The van der Waals surface area contributed by atoms with Crippen LogP contribution in [0, 0.1) is 0 Å². The third kappa shape index (κ3) is 4.71. The van der Waals surface area contributed by atoms with Gasteiger partial charge in [0, 0.05) is 5.69 Å². The number of benzene rings is 1. The van der Waals surface area contributed by atoms with Crippen LogP contribution >= 0.6 is 0 Å². The van der Waals surface area contributed by atoms with E-state index in [4.69, 9.17) is 9.84 Å². The van der Waals surface area contributed by atoms with E-state index in [1.54, 1.807) is 12.1 Å². The number of ether oxygens (including phenoxy) is 1. The van der Waals surface area contributed by atoms with E-state index >= 15 is 0 Å². The molecule has 1 heterocycles. The van der Waals surface area contributed by atoms with Crippen LogP contribution in [0.1, 0.15) is 19.3 Å². The lowest BCUT2D eigenvalue weighted by atomic mass is 9.97. The maximum absolute atomic E-state index is 11.9. The highest BCUT2D eigenvalue weighted by Gasteiger charge is 2.32. The minimum Gasteiger partial charge on any atom is -0.481 e. The molecule has 1 saturated heterocycles. The summed E-state index contributed by atoms with van der Waals surface area (Å²) in [6, 6.07) is 8.28. The Labute approximate surface area is 128 Å². The molecule has 2 amide bonds. The zero-order valence-electron chi connectivity index (χ0n) is 12.1. The van der Waals surface area contributed by atoms with Crippen LogP contribution in [-0.4, -0.2) is 47.1 Å². The zero-order valence-corrected chi connectivity index (χ0v) is 12.1. The SMILES string of the molecule is O=C(O)C[C@H]1CC[C@@H](NC(=O)Nc2ccccc2)[C@@H](CO)O1. The molecule has 0 saturated carbocycles. The number of hydrogen-bond donors (Lipinski definition) is 4. The number of aliphatic hydroxyl groups excluding tert-OH is 1. The lowest BCUT2D eigenvalue weighted by Crippen LogP contribution is -2.52. The zero-order chi connectivity index (χ0) is 15.9. The minimum atomic E-state index is -0.935. The van der Waals surface area contributed by atoms with Crippen LogP contribution in [0.4, 0.5) is 10.5 Å². The van der Waals surface area contributed by atoms with Crippen LogP contribution < -0.4 is 10.6 Å². The van der Waals surface area contributed by atoms with Gasteiger partial charge in [0.25, 0.3) is 0 Å². The number of para-hydroxylation sites is 1. The highest BCUT2D eigenvalue weighted by atomic mass is 16.5. The average Bonchev–Trinajstić information content (AvgIpc) is 2.49. The first-order valence-corrected chi connectivity index (χ1v) is 7.19. The van der Waals surface area contributed by atoms with Crippen LogP contribution in [-0.2, 0) is 9.53 Å². The molecule has 120 valence electrons. The number of nitrogens with one attached hydrogen (secondary N) is 2. The summed E-state index contributed by atoms with van der Waals surface area (Å²) >= 11 is 0. The number of anilines is 1. The number of carbonyl (C=O) groups is 2. The van der Waals surface area contributed by atoms with Crippen molar-refractivity contribution < 1.29 is 24.5 Å². The topological polar surface area (TPSA) is 108 Å². The summed E-state index contributed by atoms with van der Waals surface area (Å²) in [6.45, 7) is -0.271. The number of urea groups is 1. The van der Waals surface area contributed by atoms with Crippen molar-refractivity contribution in [1.82, 2.24) is 5.32 Å². The van der Waals surface area contributed by atoms with Crippen molar-refractivity contribution in [2.24, 2.45) is 0 Å². The van der Waals surface area contributed by atoms with Gasteiger partial charge in [0.2, 0.25) is 0 Å². The average molecular weight is 308 g/mol. The molecular formula is C15H20N2O5. The molecule has 0 spiro atoms. The van der Waals surface area contributed by atoms with Crippen LogP contribution in [0.3, 0.4) is 0 Å². The molecule has 0 unspecified atom stereocenters. The van der Waals surface area contributed by atoms with Crippen molar-refractivity contribution in [2.45, 2.75) is 37.5 Å². The number of rotatable bonds is 5. The number of carboxylic acids is 1. The Morgan fingerprint density at radius 3 is 2.59 bits per heavy atom. The molecule has 0 aromatic heterocycles. The Morgan fingerprint density at radius 2 is 1.95 bits per heavy atom. The molecule has 0 bridgehead atoms. The van der Waals surface area contributed by atoms with E-state index in [2.05, 4.69) is 10.6 Å². The molecule has 1 aliphatic rings. The maximum atomic E-state index is 11.9. The van der Waals surface area contributed by atoms with Gasteiger partial charge in [-0.3, -0.25) is 4.79 Å². The van der Waals surface area contributed by atoms with E-state index < -0.39 is 18.2 Å². The molecular weight excluding hydrogens is 288 g/mol. The van der Waals surface area contributed by atoms with Crippen molar-refractivity contribution in [3.8, 4) is 0 Å². The number of hydrogen-bond acceptors (Lipinski definition) is 4. The summed E-state index contributed by atoms with van der Waals surface area (Å²) < 4.78 is 5.54. The van der Waals surface area contributed by atoms with Gasteiger partial charge in [-0.2, -0.15) is 0 Å². The molecule has 4 N–H and O–H groups in total. The predicted octanol–water partition coefficient (Wildman–Crippen LogP) is 1.19. The number of aliphatic carboxylic acids is 1. The lowest BCUT2D eigenvalue weighted by Gasteiger charge is -2.35. The summed E-state index contributed by atoms with van der Waals surface area (Å²) in [6.07, 6.45) is -0.0336. The number of aliphatic hydroxyl groups is 1. The van der Waals surface area contributed by atoms with Crippen molar-refractivity contribution in [1.29, 1.82) is 0 Å². The van der Waals surface area contributed by atoms with E-state index in [-0.39, 0.29) is 25.1 Å². The van der Waals surface area contributed by atoms with Gasteiger partial charge in [-0.1, -0.05) is 18.2 Å². The van der Waals surface area contributed by atoms with Crippen LogP contribution in [0.5, 0.6) is 0 Å². The summed E-state index contributed by atoms with van der Waals surface area (Å²) in [5.41, 5.74) is 0.668. The molecule has 0 radical (unpaired) electrons. The largest absolute Gasteiger partial charge is 0.481 e. The number of carbonyl (C=O) groups excluding carboxylic acids is 1. The van der Waals surface area contributed by atoms with Gasteiger partial charge in [-0.25, -0.2) is 4.79 Å². The van der Waals surface area contributed by atoms with E-state index in [0.717, 1.165) is 0 Å². The smallest absolute Gasteiger partial charge is 0.319 e. The summed E-state index contributed by atoms with van der Waals surface area (Å²) in [5, 5.41) is 23.6. The fourth-order valence-corrected chi connectivity index (χ4v) is 2.50. The first kappa shape index (κ1) is 16.3. The van der Waals surface area contributed by atoms with Crippen LogP contribution in [0.2, 0.25) is 0 Å². The fourth-order valence-electron chi connectivity index (χ4n) is 2.50. The Hall–Kier alpha value is -2.12. The summed E-state index contributed by atoms with van der Waals surface area (Å²) in [5.74, 6) is -0.935. The van der Waals surface area contributed by atoms with Gasteiger partial charge < -0.3 is 25.6 Å². The first-order chi connectivity index (χ1) is 10.6. The Kier molecular flexibility index (Phi) is 5.74. The molecule has 3 atom stereocenters. The van der Waals surface area contributed by atoms with Gasteiger partial charge in [0.05, 0.1) is 25.2 Å². The Balaban J connectivity index is 1.86.